The minimum Gasteiger partial charge on any atom is -0.339 e. The number of fused-ring (bicyclic) bond motifs is 1. The highest BCUT2D eigenvalue weighted by molar-refractivity contribution is 8.00. The molecule has 0 fully saturated rings. The SMILES string of the molecule is Cc1ccc(Cl)cc1NC(=O)CCc1nc(CSc2nc3ccccc3s2)no1. The van der Waals surface area contributed by atoms with E-state index in [4.69, 9.17) is 16.1 Å². The van der Waals surface area contributed by atoms with E-state index in [0.29, 0.717) is 34.6 Å². The number of aromatic nitrogens is 3. The largest absolute Gasteiger partial charge is 0.339 e. The smallest absolute Gasteiger partial charge is 0.227 e. The average Bonchev–Trinajstić information content (AvgIpc) is 3.34. The molecule has 4 rings (SSSR count). The maximum absolute atomic E-state index is 12.2. The Morgan fingerprint density at radius 1 is 1.24 bits per heavy atom. The molecule has 0 saturated heterocycles. The van der Waals surface area contributed by atoms with Crippen molar-refractivity contribution in [2.75, 3.05) is 5.32 Å². The second kappa shape index (κ2) is 8.94. The molecule has 29 heavy (non-hydrogen) atoms. The Morgan fingerprint density at radius 2 is 2.10 bits per heavy atom. The van der Waals surface area contributed by atoms with Crippen LogP contribution in [0.5, 0.6) is 0 Å². The fraction of sp³-hybridized carbons (Fsp3) is 0.200. The van der Waals surface area contributed by atoms with E-state index in [1.165, 1.54) is 0 Å². The number of hydrogen-bond acceptors (Lipinski definition) is 7. The normalized spacial score (nSPS) is 11.1. The van der Waals surface area contributed by atoms with Crippen LogP contribution in [0.3, 0.4) is 0 Å². The Labute approximate surface area is 180 Å². The zero-order valence-electron chi connectivity index (χ0n) is 15.5. The summed E-state index contributed by atoms with van der Waals surface area (Å²) in [6.45, 7) is 1.92. The summed E-state index contributed by atoms with van der Waals surface area (Å²) in [4.78, 5) is 21.1. The lowest BCUT2D eigenvalue weighted by molar-refractivity contribution is -0.116. The number of hydrogen-bond donors (Lipinski definition) is 1. The molecule has 148 valence electrons. The number of carbonyl (C=O) groups is 1. The van der Waals surface area contributed by atoms with Gasteiger partial charge >= 0.3 is 0 Å². The molecule has 0 atom stereocenters. The van der Waals surface area contributed by atoms with Gasteiger partial charge in [0.05, 0.1) is 16.0 Å². The fourth-order valence-electron chi connectivity index (χ4n) is 2.65. The number of amides is 1. The number of thiazole rings is 1. The van der Waals surface area contributed by atoms with Gasteiger partial charge in [0.15, 0.2) is 10.2 Å². The minimum absolute atomic E-state index is 0.126. The third-order valence-electron chi connectivity index (χ3n) is 4.15. The van der Waals surface area contributed by atoms with Gasteiger partial charge in [-0.1, -0.05) is 46.7 Å². The highest BCUT2D eigenvalue weighted by atomic mass is 35.5. The van der Waals surface area contributed by atoms with Crippen molar-refractivity contribution >= 4 is 56.5 Å². The number of nitrogens with one attached hydrogen (secondary N) is 1. The predicted octanol–water partition coefficient (Wildman–Crippen LogP) is 5.50. The standard InChI is InChI=1S/C20H17ClN4O2S2/c1-12-6-7-13(21)10-15(12)22-18(26)8-9-19-24-17(25-27-19)11-28-20-23-14-4-2-3-5-16(14)29-20/h2-7,10H,8-9,11H2,1H3,(H,22,26). The van der Waals surface area contributed by atoms with E-state index in [2.05, 4.69) is 26.5 Å². The lowest BCUT2D eigenvalue weighted by Gasteiger charge is -2.08. The molecule has 2 aromatic carbocycles. The van der Waals surface area contributed by atoms with Crippen LogP contribution in [0.4, 0.5) is 5.69 Å². The van der Waals surface area contributed by atoms with Gasteiger partial charge in [0, 0.05) is 23.6 Å². The van der Waals surface area contributed by atoms with Crippen molar-refractivity contribution in [1.82, 2.24) is 15.1 Å². The first-order valence-corrected chi connectivity index (χ1v) is 11.1. The van der Waals surface area contributed by atoms with Crippen molar-refractivity contribution in [2.45, 2.75) is 29.9 Å². The number of anilines is 1. The highest BCUT2D eigenvalue weighted by Crippen LogP contribution is 2.30. The monoisotopic (exact) mass is 444 g/mol. The Kier molecular flexibility index (Phi) is 6.13. The Hall–Kier alpha value is -2.42. The third-order valence-corrected chi connectivity index (χ3v) is 6.56. The van der Waals surface area contributed by atoms with Crippen molar-refractivity contribution in [1.29, 1.82) is 0 Å². The van der Waals surface area contributed by atoms with Gasteiger partial charge < -0.3 is 9.84 Å². The molecule has 0 saturated carbocycles. The molecular formula is C20H17ClN4O2S2. The lowest BCUT2D eigenvalue weighted by Crippen LogP contribution is -2.13. The molecule has 9 heteroatoms. The summed E-state index contributed by atoms with van der Waals surface area (Å²) in [5.41, 5.74) is 2.66. The van der Waals surface area contributed by atoms with E-state index in [1.807, 2.05) is 31.2 Å². The van der Waals surface area contributed by atoms with Crippen LogP contribution in [-0.4, -0.2) is 21.0 Å². The zero-order valence-corrected chi connectivity index (χ0v) is 17.9. The molecule has 0 aliphatic carbocycles. The molecule has 0 unspecified atom stereocenters. The molecule has 0 bridgehead atoms. The van der Waals surface area contributed by atoms with Crippen molar-refractivity contribution in [3.8, 4) is 0 Å². The zero-order chi connectivity index (χ0) is 20.2. The second-order valence-corrected chi connectivity index (χ2v) is 9.04. The number of halogens is 1. The van der Waals surface area contributed by atoms with E-state index >= 15 is 0 Å². The summed E-state index contributed by atoms with van der Waals surface area (Å²) in [5.74, 6) is 1.48. The molecule has 0 aliphatic heterocycles. The number of para-hydroxylation sites is 1. The highest BCUT2D eigenvalue weighted by Gasteiger charge is 2.12. The molecule has 2 aromatic heterocycles. The average molecular weight is 445 g/mol. The minimum atomic E-state index is -0.126. The molecular weight excluding hydrogens is 428 g/mol. The molecule has 6 nitrogen and oxygen atoms in total. The third kappa shape index (κ3) is 5.14. The summed E-state index contributed by atoms with van der Waals surface area (Å²) < 4.78 is 7.39. The Morgan fingerprint density at radius 3 is 2.97 bits per heavy atom. The van der Waals surface area contributed by atoms with Gasteiger partial charge in [0.25, 0.3) is 0 Å². The van der Waals surface area contributed by atoms with Gasteiger partial charge in [0.1, 0.15) is 0 Å². The second-order valence-electron chi connectivity index (χ2n) is 6.35. The number of rotatable bonds is 7. The van der Waals surface area contributed by atoms with Crippen LogP contribution >= 0.6 is 34.7 Å². The van der Waals surface area contributed by atoms with Crippen LogP contribution in [0.25, 0.3) is 10.2 Å². The molecule has 0 aliphatic rings. The molecule has 0 spiro atoms. The van der Waals surface area contributed by atoms with Gasteiger partial charge in [0.2, 0.25) is 11.8 Å². The number of carbonyl (C=O) groups excluding carboxylic acids is 1. The molecule has 4 aromatic rings. The quantitative estimate of drug-likeness (QED) is 0.379. The van der Waals surface area contributed by atoms with Crippen molar-refractivity contribution < 1.29 is 9.32 Å². The van der Waals surface area contributed by atoms with Gasteiger partial charge in [-0.25, -0.2) is 4.98 Å². The predicted molar refractivity (Wildman–Crippen MR) is 117 cm³/mol. The van der Waals surface area contributed by atoms with E-state index in [-0.39, 0.29) is 12.3 Å². The van der Waals surface area contributed by atoms with E-state index in [1.54, 1.807) is 35.2 Å². The summed E-state index contributed by atoms with van der Waals surface area (Å²) in [7, 11) is 0. The Bertz CT molecular complexity index is 1130. The summed E-state index contributed by atoms with van der Waals surface area (Å²) >= 11 is 9.20. The van der Waals surface area contributed by atoms with E-state index < -0.39 is 0 Å². The van der Waals surface area contributed by atoms with Crippen LogP contribution in [0.15, 0.2) is 51.3 Å². The number of thioether (sulfide) groups is 1. The van der Waals surface area contributed by atoms with Gasteiger partial charge in [-0.2, -0.15) is 4.98 Å². The molecule has 1 N–H and O–H groups in total. The van der Waals surface area contributed by atoms with E-state index in [9.17, 15) is 4.79 Å². The molecule has 1 amide bonds. The first-order chi connectivity index (χ1) is 14.1. The summed E-state index contributed by atoms with van der Waals surface area (Å²) in [5, 5.41) is 7.44. The summed E-state index contributed by atoms with van der Waals surface area (Å²) in [6.07, 6.45) is 0.628. The Balaban J connectivity index is 1.28. The van der Waals surface area contributed by atoms with Crippen LogP contribution < -0.4 is 5.32 Å². The van der Waals surface area contributed by atoms with Gasteiger partial charge in [-0.05, 0) is 36.8 Å². The maximum Gasteiger partial charge on any atom is 0.227 e. The van der Waals surface area contributed by atoms with Crippen LogP contribution in [0.2, 0.25) is 5.02 Å². The topological polar surface area (TPSA) is 80.9 Å². The maximum atomic E-state index is 12.2. The van der Waals surface area contributed by atoms with Gasteiger partial charge in [-0.3, -0.25) is 4.79 Å². The number of benzene rings is 2. The first kappa shape index (κ1) is 19.9. The number of aryl methyl sites for hydroxylation is 2. The van der Waals surface area contributed by atoms with Crippen molar-refractivity contribution in [2.24, 2.45) is 0 Å². The van der Waals surface area contributed by atoms with Crippen LogP contribution in [-0.2, 0) is 17.0 Å². The fourth-order valence-corrected chi connectivity index (χ4v) is 4.74. The van der Waals surface area contributed by atoms with Crippen molar-refractivity contribution in [3.05, 3.63) is 64.8 Å². The molecule has 0 radical (unpaired) electrons. The lowest BCUT2D eigenvalue weighted by atomic mass is 10.2. The molecule has 2 heterocycles. The first-order valence-electron chi connectivity index (χ1n) is 8.92. The van der Waals surface area contributed by atoms with Crippen molar-refractivity contribution in [3.63, 3.8) is 0 Å². The number of nitrogens with zero attached hydrogens (tertiary/aromatic N) is 3. The van der Waals surface area contributed by atoms with Crippen LogP contribution in [0, 0.1) is 6.92 Å². The van der Waals surface area contributed by atoms with Gasteiger partial charge in [-0.15, -0.1) is 11.3 Å². The van der Waals surface area contributed by atoms with E-state index in [0.717, 1.165) is 20.1 Å². The summed E-state index contributed by atoms with van der Waals surface area (Å²) in [6, 6.07) is 13.4. The van der Waals surface area contributed by atoms with Crippen LogP contribution in [0.1, 0.15) is 23.7 Å².